The molecule has 96 valence electrons. The summed E-state index contributed by atoms with van der Waals surface area (Å²) >= 11 is 1.95. The van der Waals surface area contributed by atoms with Gasteiger partial charge in [0.05, 0.1) is 0 Å². The second-order valence-corrected chi connectivity index (χ2v) is 7.10. The molecule has 0 atom stereocenters. The van der Waals surface area contributed by atoms with Gasteiger partial charge >= 0.3 is 0 Å². The Bertz CT molecular complexity index is 671. The molecule has 0 radical (unpaired) electrons. The number of rotatable bonds is 0. The number of hydrogen-bond donors (Lipinski definition) is 1. The van der Waals surface area contributed by atoms with Crippen molar-refractivity contribution < 1.29 is 5.11 Å². The number of hydrogen-bond acceptors (Lipinski definition) is 2. The molecule has 1 fully saturated rings. The number of aromatic hydroxyl groups is 1. The van der Waals surface area contributed by atoms with Crippen LogP contribution in [-0.4, -0.2) is 5.11 Å². The van der Waals surface area contributed by atoms with E-state index in [0.717, 1.165) is 0 Å². The summed E-state index contributed by atoms with van der Waals surface area (Å²) in [4.78, 5) is 1.23. The lowest BCUT2D eigenvalue weighted by molar-refractivity contribution is 0.372. The first-order valence-corrected chi connectivity index (χ1v) is 7.63. The van der Waals surface area contributed by atoms with Gasteiger partial charge in [-0.25, -0.2) is 0 Å². The van der Waals surface area contributed by atoms with Crippen molar-refractivity contribution in [3.05, 3.63) is 47.5 Å². The molecule has 1 N–H and O–H groups in total. The van der Waals surface area contributed by atoms with E-state index in [9.17, 15) is 5.11 Å². The lowest BCUT2D eigenvalue weighted by Crippen LogP contribution is -2.32. The Kier molecular flexibility index (Phi) is 2.28. The van der Waals surface area contributed by atoms with Crippen LogP contribution < -0.4 is 0 Å². The van der Waals surface area contributed by atoms with Gasteiger partial charge < -0.3 is 5.11 Å². The van der Waals surface area contributed by atoms with Crippen molar-refractivity contribution in [2.45, 2.75) is 35.8 Å². The third kappa shape index (κ3) is 1.56. The predicted octanol–water partition coefficient (Wildman–Crippen LogP) is 4.85. The molecular weight excluding hydrogens is 252 g/mol. The maximum absolute atomic E-state index is 9.73. The third-order valence-electron chi connectivity index (χ3n) is 4.39. The predicted molar refractivity (Wildman–Crippen MR) is 79.7 cm³/mol. The molecule has 19 heavy (non-hydrogen) atoms. The Hall–Kier alpha value is -1.41. The molecule has 0 aromatic heterocycles. The standard InChI is InChI=1S/C17H16OS/c1-11-3-5-13-14-6-4-12(18)10-16(14)19-17(7-2-8-17)15(13)9-11/h3-6,9-10,18H,2,7-8H2,1H3. The lowest BCUT2D eigenvalue weighted by atomic mass is 9.75. The monoisotopic (exact) mass is 268 g/mol. The van der Waals surface area contributed by atoms with Gasteiger partial charge in [-0.15, -0.1) is 11.8 Å². The average molecular weight is 268 g/mol. The molecule has 1 heterocycles. The number of phenols is 1. The van der Waals surface area contributed by atoms with Crippen LogP contribution in [0.3, 0.4) is 0 Å². The summed E-state index contributed by atoms with van der Waals surface area (Å²) in [6.45, 7) is 2.17. The molecule has 1 aliphatic heterocycles. The Balaban J connectivity index is 2.00. The molecule has 4 rings (SSSR count). The molecule has 0 saturated heterocycles. The van der Waals surface area contributed by atoms with Gasteiger partial charge in [-0.2, -0.15) is 0 Å². The number of benzene rings is 2. The molecule has 2 aromatic carbocycles. The third-order valence-corrected chi connectivity index (χ3v) is 5.96. The van der Waals surface area contributed by atoms with Crippen LogP contribution in [0.25, 0.3) is 11.1 Å². The van der Waals surface area contributed by atoms with Crippen LogP contribution in [0, 0.1) is 6.92 Å². The Labute approximate surface area is 117 Å². The molecule has 1 spiro atoms. The first-order valence-electron chi connectivity index (χ1n) is 6.82. The fourth-order valence-corrected chi connectivity index (χ4v) is 4.88. The fourth-order valence-electron chi connectivity index (χ4n) is 3.22. The van der Waals surface area contributed by atoms with Gasteiger partial charge in [0.1, 0.15) is 5.75 Å². The second kappa shape index (κ2) is 3.80. The summed E-state index contributed by atoms with van der Waals surface area (Å²) < 4.78 is 0.266. The van der Waals surface area contributed by atoms with E-state index in [4.69, 9.17) is 0 Å². The number of aryl methyl sites for hydroxylation is 1. The normalized spacial score (nSPS) is 18.6. The van der Waals surface area contributed by atoms with E-state index >= 15 is 0 Å². The van der Waals surface area contributed by atoms with Gasteiger partial charge in [0.2, 0.25) is 0 Å². The maximum Gasteiger partial charge on any atom is 0.116 e. The first kappa shape index (κ1) is 11.4. The van der Waals surface area contributed by atoms with Crippen molar-refractivity contribution >= 4 is 11.8 Å². The summed E-state index contributed by atoms with van der Waals surface area (Å²) in [5.74, 6) is 0.372. The molecule has 1 aliphatic carbocycles. The zero-order valence-corrected chi connectivity index (χ0v) is 11.8. The maximum atomic E-state index is 9.73. The first-order chi connectivity index (χ1) is 9.18. The SMILES string of the molecule is Cc1ccc2c(c1)C1(CCC1)Sc1cc(O)ccc1-2. The highest BCUT2D eigenvalue weighted by Gasteiger charge is 2.44. The highest BCUT2D eigenvalue weighted by Crippen LogP contribution is 2.62. The number of fused-ring (bicyclic) bond motifs is 4. The fraction of sp³-hybridized carbons (Fsp3) is 0.294. The van der Waals surface area contributed by atoms with E-state index < -0.39 is 0 Å². The van der Waals surface area contributed by atoms with E-state index in [0.29, 0.717) is 5.75 Å². The van der Waals surface area contributed by atoms with Crippen LogP contribution in [-0.2, 0) is 4.75 Å². The van der Waals surface area contributed by atoms with E-state index in [-0.39, 0.29) is 4.75 Å². The minimum atomic E-state index is 0.266. The Morgan fingerprint density at radius 1 is 1.05 bits per heavy atom. The molecule has 2 aliphatic rings. The average Bonchev–Trinajstić information content (AvgIpc) is 2.35. The Morgan fingerprint density at radius 3 is 2.58 bits per heavy atom. The zero-order valence-electron chi connectivity index (χ0n) is 10.9. The van der Waals surface area contributed by atoms with E-state index in [1.807, 2.05) is 17.8 Å². The van der Waals surface area contributed by atoms with Gasteiger partial charge in [0.25, 0.3) is 0 Å². The Morgan fingerprint density at radius 2 is 1.84 bits per heavy atom. The smallest absolute Gasteiger partial charge is 0.116 e. The minimum Gasteiger partial charge on any atom is -0.508 e. The summed E-state index contributed by atoms with van der Waals surface area (Å²) in [5.41, 5.74) is 5.48. The van der Waals surface area contributed by atoms with Gasteiger partial charge in [-0.05, 0) is 61.1 Å². The molecule has 0 bridgehead atoms. The molecule has 2 aromatic rings. The van der Waals surface area contributed by atoms with Crippen molar-refractivity contribution in [2.75, 3.05) is 0 Å². The van der Waals surface area contributed by atoms with Crippen molar-refractivity contribution in [3.8, 4) is 16.9 Å². The molecule has 0 amide bonds. The van der Waals surface area contributed by atoms with Crippen LogP contribution >= 0.6 is 11.8 Å². The summed E-state index contributed by atoms with van der Waals surface area (Å²) in [6, 6.07) is 12.6. The highest BCUT2D eigenvalue weighted by molar-refractivity contribution is 8.00. The molecule has 0 unspecified atom stereocenters. The summed E-state index contributed by atoms with van der Waals surface area (Å²) in [5, 5.41) is 9.73. The van der Waals surface area contributed by atoms with E-state index in [1.165, 1.54) is 46.4 Å². The lowest BCUT2D eigenvalue weighted by Gasteiger charge is -2.46. The molecule has 2 heteroatoms. The number of phenolic OH excluding ortho intramolecular Hbond substituents is 1. The van der Waals surface area contributed by atoms with Gasteiger partial charge in [-0.3, -0.25) is 0 Å². The molecule has 1 saturated carbocycles. The van der Waals surface area contributed by atoms with Crippen LogP contribution in [0.4, 0.5) is 0 Å². The summed E-state index contributed by atoms with van der Waals surface area (Å²) in [7, 11) is 0. The highest BCUT2D eigenvalue weighted by atomic mass is 32.2. The molecule has 1 nitrogen and oxygen atoms in total. The van der Waals surface area contributed by atoms with E-state index in [1.54, 1.807) is 6.07 Å². The van der Waals surface area contributed by atoms with Crippen LogP contribution in [0.15, 0.2) is 41.3 Å². The number of thioether (sulfide) groups is 1. The largest absolute Gasteiger partial charge is 0.508 e. The van der Waals surface area contributed by atoms with Crippen LogP contribution in [0.1, 0.15) is 30.4 Å². The van der Waals surface area contributed by atoms with Crippen molar-refractivity contribution in [1.29, 1.82) is 0 Å². The van der Waals surface area contributed by atoms with E-state index in [2.05, 4.69) is 31.2 Å². The van der Waals surface area contributed by atoms with Gasteiger partial charge in [-0.1, -0.05) is 23.8 Å². The quantitative estimate of drug-likeness (QED) is 0.737. The molecular formula is C17H16OS. The summed E-state index contributed by atoms with van der Waals surface area (Å²) in [6.07, 6.45) is 3.82. The van der Waals surface area contributed by atoms with Crippen LogP contribution in [0.5, 0.6) is 5.75 Å². The minimum absolute atomic E-state index is 0.266. The topological polar surface area (TPSA) is 20.2 Å². The second-order valence-electron chi connectivity index (χ2n) is 5.68. The van der Waals surface area contributed by atoms with Gasteiger partial charge in [0.15, 0.2) is 0 Å². The van der Waals surface area contributed by atoms with Gasteiger partial charge in [0, 0.05) is 9.64 Å². The van der Waals surface area contributed by atoms with Crippen molar-refractivity contribution in [2.24, 2.45) is 0 Å². The van der Waals surface area contributed by atoms with Crippen molar-refractivity contribution in [1.82, 2.24) is 0 Å². The van der Waals surface area contributed by atoms with Crippen LogP contribution in [0.2, 0.25) is 0 Å². The van der Waals surface area contributed by atoms with Crippen molar-refractivity contribution in [3.63, 3.8) is 0 Å². The zero-order chi connectivity index (χ0) is 13.0.